The van der Waals surface area contributed by atoms with Crippen molar-refractivity contribution in [3.63, 3.8) is 0 Å². The highest BCUT2D eigenvalue weighted by molar-refractivity contribution is 8.03. The average molecular weight is 393 g/mol. The molecule has 2 aromatic carbocycles. The Bertz CT molecular complexity index is 1060. The van der Waals surface area contributed by atoms with Gasteiger partial charge in [-0.1, -0.05) is 24.3 Å². The molecule has 8 nitrogen and oxygen atoms in total. The second kappa shape index (κ2) is 6.38. The fourth-order valence-corrected chi connectivity index (χ4v) is 4.43. The molecule has 0 saturated heterocycles. The van der Waals surface area contributed by atoms with Crippen LogP contribution in [0.1, 0.15) is 6.92 Å². The molecule has 136 valence electrons. The number of thioether (sulfide) groups is 1. The van der Waals surface area contributed by atoms with Crippen LogP contribution in [0, 0.1) is 0 Å². The molecule has 1 aliphatic rings. The Morgan fingerprint density at radius 2 is 1.96 bits per heavy atom. The van der Waals surface area contributed by atoms with Gasteiger partial charge in [0, 0.05) is 10.8 Å². The van der Waals surface area contributed by atoms with E-state index < -0.39 is 26.9 Å². The third kappa shape index (κ3) is 3.18. The molecule has 0 saturated carbocycles. The second-order valence-corrected chi connectivity index (χ2v) is 8.32. The highest BCUT2D eigenvalue weighted by Crippen LogP contribution is 2.40. The van der Waals surface area contributed by atoms with E-state index in [1.165, 1.54) is 6.07 Å². The third-order valence-electron chi connectivity index (χ3n) is 4.05. The molecule has 4 N–H and O–H groups in total. The van der Waals surface area contributed by atoms with Crippen molar-refractivity contribution in [1.82, 2.24) is 0 Å². The topological polar surface area (TPSA) is 142 Å². The molecule has 0 amide bonds. The molecule has 0 radical (unpaired) electrons. The Hall–Kier alpha value is -2.43. The first-order chi connectivity index (χ1) is 12.1. The summed E-state index contributed by atoms with van der Waals surface area (Å²) in [4.78, 5) is 11.0. The van der Waals surface area contributed by atoms with E-state index in [2.05, 4.69) is 10.2 Å². The summed E-state index contributed by atoms with van der Waals surface area (Å²) in [7, 11) is -4.51. The number of aliphatic carboxylic acids is 1. The number of nitrogen functional groups attached to an aromatic ring is 1. The molecule has 26 heavy (non-hydrogen) atoms. The van der Waals surface area contributed by atoms with E-state index in [-0.39, 0.29) is 21.7 Å². The summed E-state index contributed by atoms with van der Waals surface area (Å²) < 4.78 is 33.0. The minimum atomic E-state index is -4.51. The predicted octanol–water partition coefficient (Wildman–Crippen LogP) is 3.22. The van der Waals surface area contributed by atoms with Gasteiger partial charge in [-0.15, -0.1) is 11.8 Å². The minimum absolute atomic E-state index is 0.0342. The molecule has 0 bridgehead atoms. The van der Waals surface area contributed by atoms with E-state index in [1.54, 1.807) is 36.6 Å². The van der Waals surface area contributed by atoms with Crippen LogP contribution in [0.15, 0.2) is 56.9 Å². The first-order valence-corrected chi connectivity index (χ1v) is 9.79. The Morgan fingerprint density at radius 3 is 2.58 bits per heavy atom. The number of azo groups is 1. The summed E-state index contributed by atoms with van der Waals surface area (Å²) in [5, 5.41) is 18.8. The van der Waals surface area contributed by atoms with Gasteiger partial charge in [-0.05, 0) is 24.5 Å². The lowest BCUT2D eigenvalue weighted by atomic mass is 9.99. The van der Waals surface area contributed by atoms with Gasteiger partial charge in [0.05, 0.1) is 5.69 Å². The Morgan fingerprint density at radius 1 is 1.31 bits per heavy atom. The van der Waals surface area contributed by atoms with Crippen molar-refractivity contribution in [1.29, 1.82) is 0 Å². The second-order valence-electron chi connectivity index (χ2n) is 5.91. The number of carboxylic acids is 1. The van der Waals surface area contributed by atoms with Gasteiger partial charge in [0.1, 0.15) is 21.4 Å². The summed E-state index contributed by atoms with van der Waals surface area (Å²) in [6.07, 6.45) is 1.61. The van der Waals surface area contributed by atoms with Crippen LogP contribution >= 0.6 is 11.8 Å². The van der Waals surface area contributed by atoms with Crippen molar-refractivity contribution in [3.05, 3.63) is 41.8 Å². The Kier molecular flexibility index (Phi) is 4.51. The van der Waals surface area contributed by atoms with Crippen molar-refractivity contribution in [2.75, 3.05) is 5.73 Å². The molecule has 1 heterocycles. The van der Waals surface area contributed by atoms with Crippen LogP contribution in [0.4, 0.5) is 11.4 Å². The van der Waals surface area contributed by atoms with Crippen LogP contribution in [0.2, 0.25) is 0 Å². The zero-order valence-corrected chi connectivity index (χ0v) is 15.2. The fraction of sp³-hybridized carbons (Fsp3) is 0.188. The van der Waals surface area contributed by atoms with Gasteiger partial charge in [-0.25, -0.2) is 0 Å². The maximum Gasteiger partial charge on any atom is 0.319 e. The monoisotopic (exact) mass is 393 g/mol. The van der Waals surface area contributed by atoms with Crippen molar-refractivity contribution < 1.29 is 22.9 Å². The average Bonchev–Trinajstić information content (AvgIpc) is 2.95. The van der Waals surface area contributed by atoms with Crippen LogP contribution < -0.4 is 5.73 Å². The van der Waals surface area contributed by atoms with Crippen LogP contribution in [0.5, 0.6) is 0 Å². The van der Waals surface area contributed by atoms with Crippen LogP contribution in [-0.2, 0) is 14.9 Å². The zero-order chi connectivity index (χ0) is 19.1. The molecule has 0 fully saturated rings. The van der Waals surface area contributed by atoms with Crippen molar-refractivity contribution >= 4 is 50.0 Å². The molecule has 0 spiro atoms. The number of nitrogens with two attached hydrogens (primary N) is 1. The lowest BCUT2D eigenvalue weighted by molar-refractivity contribution is -0.137. The summed E-state index contributed by atoms with van der Waals surface area (Å²) in [5.41, 5.74) is 5.20. The highest BCUT2D eigenvalue weighted by Gasteiger charge is 2.41. The highest BCUT2D eigenvalue weighted by atomic mass is 32.2. The van der Waals surface area contributed by atoms with Gasteiger partial charge >= 0.3 is 5.97 Å². The first-order valence-electron chi connectivity index (χ1n) is 7.41. The van der Waals surface area contributed by atoms with E-state index in [0.29, 0.717) is 5.39 Å². The number of carboxylic acid groups (broad SMARTS) is 1. The standard InChI is InChI=1S/C16H15N3O5S2/c1-16(6-7-25-14(16)15(20)21)19-18-11-8-12(26(22,23)24)9-4-2-3-5-10(9)13(11)17/h2-8,14H,17H2,1H3,(H,20,21)(H,22,23,24)/b19-18+. The molecular weight excluding hydrogens is 378 g/mol. The van der Waals surface area contributed by atoms with Gasteiger partial charge in [-0.2, -0.15) is 18.6 Å². The lowest BCUT2D eigenvalue weighted by Crippen LogP contribution is -2.36. The van der Waals surface area contributed by atoms with Gasteiger partial charge in [0.25, 0.3) is 10.1 Å². The predicted molar refractivity (Wildman–Crippen MR) is 99.3 cm³/mol. The first kappa shape index (κ1) is 18.4. The molecule has 1 aliphatic heterocycles. The maximum absolute atomic E-state index is 11.7. The largest absolute Gasteiger partial charge is 0.480 e. The Labute approximate surface area is 153 Å². The maximum atomic E-state index is 11.7. The molecular formula is C16H15N3O5S2. The number of hydrogen-bond donors (Lipinski definition) is 3. The number of rotatable bonds is 4. The van der Waals surface area contributed by atoms with Crippen LogP contribution in [0.25, 0.3) is 10.8 Å². The molecule has 10 heteroatoms. The number of hydrogen-bond acceptors (Lipinski definition) is 7. The van der Waals surface area contributed by atoms with E-state index in [9.17, 15) is 22.9 Å². The van der Waals surface area contributed by atoms with E-state index in [1.807, 2.05) is 0 Å². The summed E-state index contributed by atoms with van der Waals surface area (Å²) in [6, 6.07) is 7.54. The van der Waals surface area contributed by atoms with Gasteiger partial charge in [0.2, 0.25) is 0 Å². The van der Waals surface area contributed by atoms with Gasteiger partial charge in [0.15, 0.2) is 0 Å². The number of benzene rings is 2. The summed E-state index contributed by atoms with van der Waals surface area (Å²) >= 11 is 1.11. The molecule has 2 aromatic rings. The summed E-state index contributed by atoms with van der Waals surface area (Å²) in [5.74, 6) is -1.04. The van der Waals surface area contributed by atoms with Crippen molar-refractivity contribution in [3.8, 4) is 0 Å². The molecule has 2 atom stereocenters. The Balaban J connectivity index is 2.16. The number of fused-ring (bicyclic) bond motifs is 1. The quantitative estimate of drug-likeness (QED) is 0.411. The minimum Gasteiger partial charge on any atom is -0.480 e. The molecule has 0 aromatic heterocycles. The van der Waals surface area contributed by atoms with Crippen molar-refractivity contribution in [2.24, 2.45) is 10.2 Å². The molecule has 2 unspecified atom stereocenters. The van der Waals surface area contributed by atoms with Crippen LogP contribution in [-0.4, -0.2) is 34.8 Å². The molecule has 3 rings (SSSR count). The summed E-state index contributed by atoms with van der Waals surface area (Å²) in [6.45, 7) is 1.60. The molecule has 0 aliphatic carbocycles. The van der Waals surface area contributed by atoms with Crippen molar-refractivity contribution in [2.45, 2.75) is 22.6 Å². The normalized spacial score (nSPS) is 23.1. The van der Waals surface area contributed by atoms with Crippen LogP contribution in [0.3, 0.4) is 0 Å². The van der Waals surface area contributed by atoms with E-state index >= 15 is 0 Å². The van der Waals surface area contributed by atoms with Gasteiger partial charge < -0.3 is 10.8 Å². The van der Waals surface area contributed by atoms with E-state index in [0.717, 1.165) is 17.8 Å². The number of anilines is 1. The van der Waals surface area contributed by atoms with E-state index in [4.69, 9.17) is 5.73 Å². The SMILES string of the molecule is CC1(/N=N/c2cc(S(=O)(=O)O)c3ccccc3c2N)C=CSC1C(=O)O. The van der Waals surface area contributed by atoms with Gasteiger partial charge in [-0.3, -0.25) is 9.35 Å². The fourth-order valence-electron chi connectivity index (χ4n) is 2.68. The number of nitrogens with zero attached hydrogens (tertiary/aromatic N) is 2. The third-order valence-corrected chi connectivity index (χ3v) is 6.19. The zero-order valence-electron chi connectivity index (χ0n) is 13.5. The number of carbonyl (C=O) groups is 1. The smallest absolute Gasteiger partial charge is 0.319 e. The lowest BCUT2D eigenvalue weighted by Gasteiger charge is -2.20.